The van der Waals surface area contributed by atoms with E-state index in [0.717, 1.165) is 17.2 Å². The standard InChI is InChI=1S/C15H10Cl2FN3O/c1-7-4-3-5-8(2)11(7)21-14-9(12(16)20-15(21)22)6-10(18)13(17)19-14/h3-6H,1-2H3. The van der Waals surface area contributed by atoms with Crippen LogP contribution < -0.4 is 5.69 Å². The van der Waals surface area contributed by atoms with Gasteiger partial charge >= 0.3 is 5.69 Å². The third kappa shape index (κ3) is 2.26. The molecule has 3 rings (SSSR count). The zero-order chi connectivity index (χ0) is 16.0. The molecule has 0 N–H and O–H groups in total. The summed E-state index contributed by atoms with van der Waals surface area (Å²) in [6.07, 6.45) is 0. The molecule has 0 saturated heterocycles. The second-order valence-electron chi connectivity index (χ2n) is 4.89. The fraction of sp³-hybridized carbons (Fsp3) is 0.133. The maximum atomic E-state index is 13.7. The summed E-state index contributed by atoms with van der Waals surface area (Å²) >= 11 is 11.7. The molecule has 0 saturated carbocycles. The van der Waals surface area contributed by atoms with Gasteiger partial charge in [0, 0.05) is 0 Å². The van der Waals surface area contributed by atoms with Gasteiger partial charge in [0.25, 0.3) is 0 Å². The van der Waals surface area contributed by atoms with Crippen LogP contribution in [0.4, 0.5) is 4.39 Å². The predicted molar refractivity (Wildman–Crippen MR) is 84.6 cm³/mol. The quantitative estimate of drug-likeness (QED) is 0.500. The first-order valence-corrected chi connectivity index (χ1v) is 7.16. The Balaban J connectivity index is 2.55. The Labute approximate surface area is 135 Å². The van der Waals surface area contributed by atoms with Gasteiger partial charge in [-0.2, -0.15) is 4.98 Å². The zero-order valence-corrected chi connectivity index (χ0v) is 13.2. The number of hydrogen-bond acceptors (Lipinski definition) is 3. The number of aromatic nitrogens is 3. The lowest BCUT2D eigenvalue weighted by Gasteiger charge is -2.14. The van der Waals surface area contributed by atoms with Gasteiger partial charge in [0.1, 0.15) is 5.15 Å². The van der Waals surface area contributed by atoms with Crippen LogP contribution in [0.25, 0.3) is 16.7 Å². The molecule has 0 spiro atoms. The van der Waals surface area contributed by atoms with Crippen molar-refractivity contribution in [3.05, 3.63) is 62.0 Å². The highest BCUT2D eigenvalue weighted by atomic mass is 35.5. The Morgan fingerprint density at radius 3 is 2.36 bits per heavy atom. The van der Waals surface area contributed by atoms with Crippen LogP contribution in [0.1, 0.15) is 11.1 Å². The van der Waals surface area contributed by atoms with Gasteiger partial charge < -0.3 is 0 Å². The minimum atomic E-state index is -0.718. The van der Waals surface area contributed by atoms with Crippen LogP contribution in [-0.4, -0.2) is 14.5 Å². The molecule has 22 heavy (non-hydrogen) atoms. The Bertz CT molecular complexity index is 949. The van der Waals surface area contributed by atoms with E-state index >= 15 is 0 Å². The van der Waals surface area contributed by atoms with Crippen LogP contribution in [0.3, 0.4) is 0 Å². The molecule has 7 heteroatoms. The number of halogens is 3. The normalized spacial score (nSPS) is 11.1. The van der Waals surface area contributed by atoms with E-state index in [-0.39, 0.29) is 21.3 Å². The number of rotatable bonds is 1. The second-order valence-corrected chi connectivity index (χ2v) is 5.61. The van der Waals surface area contributed by atoms with E-state index in [1.165, 1.54) is 4.57 Å². The van der Waals surface area contributed by atoms with Gasteiger partial charge in [0.2, 0.25) is 0 Å². The largest absolute Gasteiger partial charge is 0.355 e. The molecule has 2 heterocycles. The molecule has 3 aromatic rings. The van der Waals surface area contributed by atoms with Crippen molar-refractivity contribution in [2.24, 2.45) is 0 Å². The minimum Gasteiger partial charge on any atom is -0.245 e. The molecule has 0 atom stereocenters. The predicted octanol–water partition coefficient (Wildman–Crippen LogP) is 3.84. The molecule has 0 aliphatic carbocycles. The molecule has 0 amide bonds. The summed E-state index contributed by atoms with van der Waals surface area (Å²) in [7, 11) is 0. The highest BCUT2D eigenvalue weighted by Gasteiger charge is 2.17. The molecule has 0 aliphatic heterocycles. The van der Waals surface area contributed by atoms with Crippen molar-refractivity contribution in [2.45, 2.75) is 13.8 Å². The van der Waals surface area contributed by atoms with Crippen LogP contribution >= 0.6 is 23.2 Å². The average Bonchev–Trinajstić information content (AvgIpc) is 2.44. The Hall–Kier alpha value is -1.98. The van der Waals surface area contributed by atoms with Crippen molar-refractivity contribution in [1.82, 2.24) is 14.5 Å². The Morgan fingerprint density at radius 2 is 1.73 bits per heavy atom. The lowest BCUT2D eigenvalue weighted by Crippen LogP contribution is -2.24. The van der Waals surface area contributed by atoms with E-state index in [2.05, 4.69) is 9.97 Å². The van der Waals surface area contributed by atoms with Gasteiger partial charge in [-0.15, -0.1) is 0 Å². The molecular weight excluding hydrogens is 328 g/mol. The number of fused-ring (bicyclic) bond motifs is 1. The maximum absolute atomic E-state index is 13.7. The van der Waals surface area contributed by atoms with Crippen LogP contribution in [0.5, 0.6) is 0 Å². The molecule has 4 nitrogen and oxygen atoms in total. The molecular formula is C15H10Cl2FN3O. The summed E-state index contributed by atoms with van der Waals surface area (Å²) in [5.41, 5.74) is 1.93. The molecule has 2 aromatic heterocycles. The minimum absolute atomic E-state index is 0.106. The first-order valence-electron chi connectivity index (χ1n) is 6.41. The number of nitrogens with zero attached hydrogens (tertiary/aromatic N) is 3. The summed E-state index contributed by atoms with van der Waals surface area (Å²) < 4.78 is 15.0. The average molecular weight is 338 g/mol. The van der Waals surface area contributed by atoms with Crippen molar-refractivity contribution >= 4 is 34.2 Å². The molecule has 0 unspecified atom stereocenters. The second kappa shape index (κ2) is 5.34. The first-order chi connectivity index (χ1) is 10.4. The van der Waals surface area contributed by atoms with Crippen molar-refractivity contribution in [1.29, 1.82) is 0 Å². The van der Waals surface area contributed by atoms with Gasteiger partial charge in [-0.1, -0.05) is 41.4 Å². The van der Waals surface area contributed by atoms with Gasteiger partial charge in [-0.05, 0) is 31.0 Å². The van der Waals surface area contributed by atoms with Gasteiger partial charge in [-0.3, -0.25) is 0 Å². The van der Waals surface area contributed by atoms with Gasteiger partial charge in [-0.25, -0.2) is 18.7 Å². The molecule has 0 bridgehead atoms. The van der Waals surface area contributed by atoms with Crippen molar-refractivity contribution in [3.63, 3.8) is 0 Å². The van der Waals surface area contributed by atoms with Crippen LogP contribution in [0.15, 0.2) is 29.1 Å². The fourth-order valence-electron chi connectivity index (χ4n) is 2.42. The highest BCUT2D eigenvalue weighted by molar-refractivity contribution is 6.34. The highest BCUT2D eigenvalue weighted by Crippen LogP contribution is 2.26. The van der Waals surface area contributed by atoms with Crippen molar-refractivity contribution < 1.29 is 4.39 Å². The summed E-state index contributed by atoms with van der Waals surface area (Å²) in [4.78, 5) is 20.1. The first kappa shape index (κ1) is 14.9. The summed E-state index contributed by atoms with van der Waals surface area (Å²) in [5.74, 6) is -0.718. The number of pyridine rings is 1. The number of para-hydroxylation sites is 1. The Kier molecular flexibility index (Phi) is 3.62. The van der Waals surface area contributed by atoms with Gasteiger partial charge in [0.05, 0.1) is 11.1 Å². The monoisotopic (exact) mass is 337 g/mol. The number of hydrogen-bond donors (Lipinski definition) is 0. The van der Waals surface area contributed by atoms with E-state index in [4.69, 9.17) is 23.2 Å². The molecule has 1 aromatic carbocycles. The van der Waals surface area contributed by atoms with E-state index in [1.807, 2.05) is 32.0 Å². The van der Waals surface area contributed by atoms with Crippen molar-refractivity contribution in [2.75, 3.05) is 0 Å². The van der Waals surface area contributed by atoms with Gasteiger partial charge in [0.15, 0.2) is 16.6 Å². The fourth-order valence-corrected chi connectivity index (χ4v) is 2.77. The molecule has 112 valence electrons. The zero-order valence-electron chi connectivity index (χ0n) is 11.7. The summed E-state index contributed by atoms with van der Waals surface area (Å²) in [6, 6.07) is 6.73. The Morgan fingerprint density at radius 1 is 1.09 bits per heavy atom. The summed E-state index contributed by atoms with van der Waals surface area (Å²) in [6.45, 7) is 3.72. The smallest absolute Gasteiger partial charge is 0.245 e. The molecule has 0 radical (unpaired) electrons. The third-order valence-electron chi connectivity index (χ3n) is 3.40. The topological polar surface area (TPSA) is 47.8 Å². The van der Waals surface area contributed by atoms with Crippen LogP contribution in [0.2, 0.25) is 10.3 Å². The van der Waals surface area contributed by atoms with Crippen molar-refractivity contribution in [3.8, 4) is 5.69 Å². The summed E-state index contributed by atoms with van der Waals surface area (Å²) in [5, 5.41) is -0.203. The lowest BCUT2D eigenvalue weighted by molar-refractivity contribution is 0.624. The molecule has 0 fully saturated rings. The SMILES string of the molecule is Cc1cccc(C)c1-n1c(=O)nc(Cl)c2cc(F)c(Cl)nc21. The van der Waals surface area contributed by atoms with Crippen LogP contribution in [-0.2, 0) is 0 Å². The number of benzene rings is 1. The molecule has 0 aliphatic rings. The van der Waals surface area contributed by atoms with E-state index in [0.29, 0.717) is 5.69 Å². The lowest BCUT2D eigenvalue weighted by atomic mass is 10.1. The van der Waals surface area contributed by atoms with E-state index in [1.54, 1.807) is 0 Å². The van der Waals surface area contributed by atoms with Crippen LogP contribution in [0, 0.1) is 19.7 Å². The third-order valence-corrected chi connectivity index (χ3v) is 3.95. The maximum Gasteiger partial charge on any atom is 0.355 e. The van der Waals surface area contributed by atoms with E-state index in [9.17, 15) is 9.18 Å². The number of aryl methyl sites for hydroxylation is 2. The van der Waals surface area contributed by atoms with E-state index < -0.39 is 11.5 Å².